The lowest BCUT2D eigenvalue weighted by molar-refractivity contribution is 0.556. The Morgan fingerprint density at radius 3 is 3.00 bits per heavy atom. The molecule has 0 aliphatic rings. The van der Waals surface area contributed by atoms with E-state index in [1.807, 2.05) is 6.07 Å². The summed E-state index contributed by atoms with van der Waals surface area (Å²) in [4.78, 5) is 2.61. The smallest absolute Gasteiger partial charge is 0.130 e. The van der Waals surface area contributed by atoms with Gasteiger partial charge in [0.2, 0.25) is 0 Å². The molecule has 94 valence electrons. The topological polar surface area (TPSA) is 84.6 Å². The molecule has 0 fully saturated rings. The van der Waals surface area contributed by atoms with Gasteiger partial charge in [0, 0.05) is 22.0 Å². The summed E-state index contributed by atoms with van der Waals surface area (Å²) in [6, 6.07) is 5.41. The fourth-order valence-corrected chi connectivity index (χ4v) is 1.56. The fraction of sp³-hybridized carbons (Fsp3) is 0.364. The SMILES string of the molecule is N#CC(NCCCN=[N+]=[N-])c1ccc(Cl)cc1F. The van der Waals surface area contributed by atoms with Crippen molar-refractivity contribution < 1.29 is 4.39 Å². The van der Waals surface area contributed by atoms with Crippen LogP contribution in [0.3, 0.4) is 0 Å². The second kappa shape index (κ2) is 7.51. The van der Waals surface area contributed by atoms with Crippen LogP contribution in [0.15, 0.2) is 23.3 Å². The average Bonchev–Trinajstić information content (AvgIpc) is 2.35. The van der Waals surface area contributed by atoms with Crippen molar-refractivity contribution in [2.24, 2.45) is 5.11 Å². The minimum Gasteiger partial charge on any atom is -0.298 e. The van der Waals surface area contributed by atoms with Crippen molar-refractivity contribution in [3.63, 3.8) is 0 Å². The molecule has 5 nitrogen and oxygen atoms in total. The molecule has 1 unspecified atom stereocenters. The predicted octanol–water partition coefficient (Wildman–Crippen LogP) is 3.33. The van der Waals surface area contributed by atoms with Crippen molar-refractivity contribution in [1.82, 2.24) is 5.32 Å². The molecule has 1 N–H and O–H groups in total. The quantitative estimate of drug-likeness (QED) is 0.371. The zero-order chi connectivity index (χ0) is 13.4. The molecule has 7 heteroatoms. The van der Waals surface area contributed by atoms with E-state index in [0.717, 1.165) is 0 Å². The summed E-state index contributed by atoms with van der Waals surface area (Å²) in [5.74, 6) is -0.517. The zero-order valence-corrected chi connectivity index (χ0v) is 10.2. The molecular weight excluding hydrogens is 257 g/mol. The number of halogens is 2. The maximum atomic E-state index is 13.6. The van der Waals surface area contributed by atoms with Crippen LogP contribution in [0.1, 0.15) is 18.0 Å². The van der Waals surface area contributed by atoms with Gasteiger partial charge in [0.05, 0.1) is 6.07 Å². The van der Waals surface area contributed by atoms with Gasteiger partial charge in [0.25, 0.3) is 0 Å². The normalized spacial score (nSPS) is 11.4. The lowest BCUT2D eigenvalue weighted by Crippen LogP contribution is -2.22. The average molecular weight is 268 g/mol. The van der Waals surface area contributed by atoms with Gasteiger partial charge in [0.1, 0.15) is 11.9 Å². The molecule has 1 atom stereocenters. The van der Waals surface area contributed by atoms with E-state index < -0.39 is 11.9 Å². The van der Waals surface area contributed by atoms with Gasteiger partial charge in [-0.3, -0.25) is 5.32 Å². The summed E-state index contributed by atoms with van der Waals surface area (Å²) in [7, 11) is 0. The first-order valence-electron chi connectivity index (χ1n) is 5.28. The predicted molar refractivity (Wildman–Crippen MR) is 66.4 cm³/mol. The van der Waals surface area contributed by atoms with Crippen LogP contribution in [0.4, 0.5) is 4.39 Å². The Bertz CT molecular complexity index is 493. The van der Waals surface area contributed by atoms with Crippen LogP contribution in [-0.2, 0) is 0 Å². The number of benzene rings is 1. The molecule has 0 aliphatic carbocycles. The molecule has 0 aromatic heterocycles. The van der Waals surface area contributed by atoms with Crippen LogP contribution in [0.2, 0.25) is 5.02 Å². The molecule has 0 radical (unpaired) electrons. The van der Waals surface area contributed by atoms with Crippen molar-refractivity contribution in [3.05, 3.63) is 45.0 Å². The highest BCUT2D eigenvalue weighted by Crippen LogP contribution is 2.20. The molecule has 0 aliphatic heterocycles. The van der Waals surface area contributed by atoms with Gasteiger partial charge in [-0.2, -0.15) is 5.26 Å². The summed E-state index contributed by atoms with van der Waals surface area (Å²) in [5, 5.41) is 15.5. The maximum absolute atomic E-state index is 13.6. The molecule has 1 rings (SSSR count). The molecule has 0 saturated carbocycles. The van der Waals surface area contributed by atoms with Gasteiger partial charge in [-0.05, 0) is 30.6 Å². The number of azide groups is 1. The Morgan fingerprint density at radius 2 is 2.39 bits per heavy atom. The monoisotopic (exact) mass is 267 g/mol. The molecular formula is C11H11ClFN5. The molecule has 0 amide bonds. The van der Waals surface area contributed by atoms with Crippen LogP contribution in [0, 0.1) is 17.1 Å². The summed E-state index contributed by atoms with van der Waals surface area (Å²) in [6.07, 6.45) is 0.581. The Kier molecular flexibility index (Phi) is 5.95. The number of nitrogens with one attached hydrogen (secondary N) is 1. The summed E-state index contributed by atoms with van der Waals surface area (Å²) in [5.41, 5.74) is 8.34. The molecule has 0 heterocycles. The third-order valence-corrected chi connectivity index (χ3v) is 2.48. The van der Waals surface area contributed by atoms with Crippen LogP contribution >= 0.6 is 11.6 Å². The zero-order valence-electron chi connectivity index (χ0n) is 9.48. The van der Waals surface area contributed by atoms with E-state index in [0.29, 0.717) is 19.5 Å². The van der Waals surface area contributed by atoms with Crippen molar-refractivity contribution in [3.8, 4) is 6.07 Å². The molecule has 0 saturated heterocycles. The maximum Gasteiger partial charge on any atom is 0.130 e. The lowest BCUT2D eigenvalue weighted by Gasteiger charge is -2.12. The molecule has 1 aromatic carbocycles. The Morgan fingerprint density at radius 1 is 1.61 bits per heavy atom. The van der Waals surface area contributed by atoms with E-state index in [4.69, 9.17) is 22.4 Å². The van der Waals surface area contributed by atoms with Crippen molar-refractivity contribution in [2.75, 3.05) is 13.1 Å². The van der Waals surface area contributed by atoms with E-state index in [2.05, 4.69) is 15.3 Å². The van der Waals surface area contributed by atoms with E-state index in [1.165, 1.54) is 18.2 Å². The summed E-state index contributed by atoms with van der Waals surface area (Å²) < 4.78 is 13.6. The van der Waals surface area contributed by atoms with E-state index in [9.17, 15) is 4.39 Å². The number of rotatable bonds is 6. The van der Waals surface area contributed by atoms with E-state index >= 15 is 0 Å². The standard InChI is InChI=1S/C11H11ClFN5/c12-8-2-3-9(10(13)6-8)11(7-14)16-4-1-5-17-18-15/h2-3,6,11,16H,1,4-5H2. The van der Waals surface area contributed by atoms with Crippen molar-refractivity contribution >= 4 is 11.6 Å². The fourth-order valence-electron chi connectivity index (χ4n) is 1.40. The summed E-state index contributed by atoms with van der Waals surface area (Å²) >= 11 is 5.64. The van der Waals surface area contributed by atoms with Crippen LogP contribution in [-0.4, -0.2) is 13.1 Å². The van der Waals surface area contributed by atoms with Crippen molar-refractivity contribution in [2.45, 2.75) is 12.5 Å². The second-order valence-electron chi connectivity index (χ2n) is 3.49. The minimum absolute atomic E-state index is 0.255. The van der Waals surface area contributed by atoms with Gasteiger partial charge in [-0.1, -0.05) is 22.8 Å². The number of nitriles is 1. The number of nitrogens with zero attached hydrogens (tertiary/aromatic N) is 4. The Balaban J connectivity index is 2.61. The van der Waals surface area contributed by atoms with Gasteiger partial charge >= 0.3 is 0 Å². The highest BCUT2D eigenvalue weighted by atomic mass is 35.5. The first kappa shape index (κ1) is 14.3. The highest BCUT2D eigenvalue weighted by Gasteiger charge is 2.14. The second-order valence-corrected chi connectivity index (χ2v) is 3.93. The van der Waals surface area contributed by atoms with E-state index in [-0.39, 0.29) is 10.6 Å². The third kappa shape index (κ3) is 4.22. The molecule has 0 bridgehead atoms. The van der Waals surface area contributed by atoms with Crippen LogP contribution < -0.4 is 5.32 Å². The van der Waals surface area contributed by atoms with Gasteiger partial charge in [0.15, 0.2) is 0 Å². The molecule has 1 aromatic rings. The van der Waals surface area contributed by atoms with Crippen molar-refractivity contribution in [1.29, 1.82) is 5.26 Å². The summed E-state index contributed by atoms with van der Waals surface area (Å²) in [6.45, 7) is 0.796. The first-order valence-corrected chi connectivity index (χ1v) is 5.65. The highest BCUT2D eigenvalue weighted by molar-refractivity contribution is 6.30. The molecule has 18 heavy (non-hydrogen) atoms. The first-order chi connectivity index (χ1) is 8.69. The molecule has 0 spiro atoms. The number of hydrogen-bond donors (Lipinski definition) is 1. The van der Waals surface area contributed by atoms with E-state index in [1.54, 1.807) is 0 Å². The largest absolute Gasteiger partial charge is 0.298 e. The Labute approximate surface area is 109 Å². The van der Waals surface area contributed by atoms with Crippen LogP contribution in [0.25, 0.3) is 10.4 Å². The lowest BCUT2D eigenvalue weighted by atomic mass is 10.1. The van der Waals surface area contributed by atoms with Gasteiger partial charge in [-0.25, -0.2) is 4.39 Å². The van der Waals surface area contributed by atoms with Gasteiger partial charge < -0.3 is 0 Å². The Hall–Kier alpha value is -1.80. The number of hydrogen-bond acceptors (Lipinski definition) is 3. The van der Waals surface area contributed by atoms with Crippen LogP contribution in [0.5, 0.6) is 0 Å². The minimum atomic E-state index is -0.742. The third-order valence-electron chi connectivity index (χ3n) is 2.25. The van der Waals surface area contributed by atoms with Gasteiger partial charge in [-0.15, -0.1) is 0 Å².